The molecule has 1 heterocycles. The lowest BCUT2D eigenvalue weighted by Crippen LogP contribution is -2.36. The van der Waals surface area contributed by atoms with Gasteiger partial charge in [0.15, 0.2) is 5.96 Å². The maximum atomic E-state index is 5.65. The first-order valence-electron chi connectivity index (χ1n) is 8.89. The molecule has 0 radical (unpaired) electrons. The SMILES string of the molecule is CCOc1ccccc1CNC(=NC)NCc1ccc(OC(C)C)nc1.I. The summed E-state index contributed by atoms with van der Waals surface area (Å²) < 4.78 is 11.2. The molecule has 0 bridgehead atoms. The molecular weight excluding hydrogens is 455 g/mol. The highest BCUT2D eigenvalue weighted by atomic mass is 127. The van der Waals surface area contributed by atoms with E-state index < -0.39 is 0 Å². The number of aromatic nitrogens is 1. The molecule has 148 valence electrons. The zero-order valence-electron chi connectivity index (χ0n) is 16.4. The van der Waals surface area contributed by atoms with E-state index in [-0.39, 0.29) is 30.1 Å². The monoisotopic (exact) mass is 484 g/mol. The number of ether oxygens (including phenoxy) is 2. The van der Waals surface area contributed by atoms with Crippen LogP contribution in [0.2, 0.25) is 0 Å². The molecule has 1 aromatic heterocycles. The fourth-order valence-electron chi connectivity index (χ4n) is 2.36. The number of guanidine groups is 1. The maximum absolute atomic E-state index is 5.65. The van der Waals surface area contributed by atoms with Crippen molar-refractivity contribution in [1.29, 1.82) is 0 Å². The predicted molar refractivity (Wildman–Crippen MR) is 120 cm³/mol. The van der Waals surface area contributed by atoms with Gasteiger partial charge in [0, 0.05) is 38.0 Å². The third kappa shape index (κ3) is 8.03. The van der Waals surface area contributed by atoms with Crippen LogP contribution < -0.4 is 20.1 Å². The van der Waals surface area contributed by atoms with Gasteiger partial charge in [0.05, 0.1) is 12.7 Å². The van der Waals surface area contributed by atoms with Crippen molar-refractivity contribution in [3.8, 4) is 11.6 Å². The van der Waals surface area contributed by atoms with Crippen LogP contribution in [0.3, 0.4) is 0 Å². The summed E-state index contributed by atoms with van der Waals surface area (Å²) in [6, 6.07) is 11.9. The fourth-order valence-corrected chi connectivity index (χ4v) is 2.36. The van der Waals surface area contributed by atoms with Gasteiger partial charge in [-0.15, -0.1) is 24.0 Å². The summed E-state index contributed by atoms with van der Waals surface area (Å²) in [4.78, 5) is 8.57. The van der Waals surface area contributed by atoms with Gasteiger partial charge in [0.2, 0.25) is 5.88 Å². The summed E-state index contributed by atoms with van der Waals surface area (Å²) >= 11 is 0. The highest BCUT2D eigenvalue weighted by Crippen LogP contribution is 2.17. The van der Waals surface area contributed by atoms with Crippen LogP contribution in [0.1, 0.15) is 31.9 Å². The van der Waals surface area contributed by atoms with Crippen molar-refractivity contribution in [2.75, 3.05) is 13.7 Å². The number of aliphatic imine (C=N–C) groups is 1. The van der Waals surface area contributed by atoms with E-state index in [2.05, 4.69) is 20.6 Å². The molecule has 7 heteroatoms. The Kier molecular flexibility index (Phi) is 10.5. The number of halogens is 1. The van der Waals surface area contributed by atoms with Crippen molar-refractivity contribution >= 4 is 29.9 Å². The topological polar surface area (TPSA) is 67.8 Å². The first-order valence-corrected chi connectivity index (χ1v) is 8.89. The zero-order chi connectivity index (χ0) is 18.8. The van der Waals surface area contributed by atoms with Gasteiger partial charge >= 0.3 is 0 Å². The quantitative estimate of drug-likeness (QED) is 0.340. The number of hydrogen-bond donors (Lipinski definition) is 2. The van der Waals surface area contributed by atoms with Crippen LogP contribution >= 0.6 is 24.0 Å². The number of para-hydroxylation sites is 1. The normalized spacial score (nSPS) is 10.9. The van der Waals surface area contributed by atoms with Gasteiger partial charge in [0.1, 0.15) is 5.75 Å². The van der Waals surface area contributed by atoms with Crippen molar-refractivity contribution in [2.45, 2.75) is 40.0 Å². The fraction of sp³-hybridized carbons (Fsp3) is 0.400. The van der Waals surface area contributed by atoms with Gasteiger partial charge in [-0.1, -0.05) is 24.3 Å². The van der Waals surface area contributed by atoms with E-state index in [4.69, 9.17) is 9.47 Å². The van der Waals surface area contributed by atoms with E-state index in [9.17, 15) is 0 Å². The van der Waals surface area contributed by atoms with Gasteiger partial charge < -0.3 is 20.1 Å². The second kappa shape index (κ2) is 12.4. The summed E-state index contributed by atoms with van der Waals surface area (Å²) in [7, 11) is 1.75. The number of nitrogens with zero attached hydrogens (tertiary/aromatic N) is 2. The van der Waals surface area contributed by atoms with Crippen molar-refractivity contribution in [3.05, 3.63) is 53.7 Å². The molecule has 2 N–H and O–H groups in total. The highest BCUT2D eigenvalue weighted by Gasteiger charge is 2.05. The molecule has 6 nitrogen and oxygen atoms in total. The molecule has 2 aromatic rings. The number of nitrogens with one attached hydrogen (secondary N) is 2. The third-order valence-electron chi connectivity index (χ3n) is 3.56. The van der Waals surface area contributed by atoms with Crippen LogP contribution in [0, 0.1) is 0 Å². The zero-order valence-corrected chi connectivity index (χ0v) is 18.7. The summed E-state index contributed by atoms with van der Waals surface area (Å²) in [6.45, 7) is 7.85. The Labute approximate surface area is 178 Å². The van der Waals surface area contributed by atoms with Crippen LogP contribution in [0.4, 0.5) is 0 Å². The summed E-state index contributed by atoms with van der Waals surface area (Å²) in [5.41, 5.74) is 2.15. The minimum Gasteiger partial charge on any atom is -0.494 e. The average molecular weight is 484 g/mol. The van der Waals surface area contributed by atoms with E-state index in [1.165, 1.54) is 0 Å². The molecule has 0 unspecified atom stereocenters. The first kappa shape index (κ1) is 23.0. The van der Waals surface area contributed by atoms with E-state index in [1.54, 1.807) is 7.05 Å². The molecule has 27 heavy (non-hydrogen) atoms. The van der Waals surface area contributed by atoms with E-state index in [1.807, 2.05) is 63.4 Å². The smallest absolute Gasteiger partial charge is 0.213 e. The summed E-state index contributed by atoms with van der Waals surface area (Å²) in [6.07, 6.45) is 1.93. The molecule has 2 rings (SSSR count). The Balaban J connectivity index is 0.00000364. The first-order chi connectivity index (χ1) is 12.6. The summed E-state index contributed by atoms with van der Waals surface area (Å²) in [5.74, 6) is 2.25. The Bertz CT molecular complexity index is 705. The number of pyridine rings is 1. The van der Waals surface area contributed by atoms with Gasteiger partial charge in [-0.05, 0) is 32.4 Å². The third-order valence-corrected chi connectivity index (χ3v) is 3.56. The van der Waals surface area contributed by atoms with Gasteiger partial charge in [-0.2, -0.15) is 0 Å². The molecule has 0 aliphatic heterocycles. The maximum Gasteiger partial charge on any atom is 0.213 e. The van der Waals surface area contributed by atoms with Crippen molar-refractivity contribution in [1.82, 2.24) is 15.6 Å². The average Bonchev–Trinajstić information content (AvgIpc) is 2.64. The Morgan fingerprint density at radius 2 is 1.85 bits per heavy atom. The Morgan fingerprint density at radius 3 is 2.48 bits per heavy atom. The van der Waals surface area contributed by atoms with Crippen LogP contribution in [-0.2, 0) is 13.1 Å². The minimum atomic E-state index is 0. The number of rotatable bonds is 8. The molecule has 0 aliphatic rings. The molecule has 1 aromatic carbocycles. The molecule has 0 amide bonds. The Morgan fingerprint density at radius 1 is 1.11 bits per heavy atom. The summed E-state index contributed by atoms with van der Waals surface area (Å²) in [5, 5.41) is 6.59. The van der Waals surface area contributed by atoms with Gasteiger partial charge in [-0.25, -0.2) is 4.98 Å². The molecule has 0 saturated heterocycles. The van der Waals surface area contributed by atoms with Gasteiger partial charge in [-0.3, -0.25) is 4.99 Å². The standard InChI is InChI=1S/C20H28N4O2.HI/c1-5-25-18-9-7-6-8-17(18)14-24-20(21-4)23-13-16-10-11-19(22-12-16)26-15(2)3;/h6-12,15H,5,13-14H2,1-4H3,(H2,21,23,24);1H. The molecule has 0 spiro atoms. The second-order valence-electron chi connectivity index (χ2n) is 5.99. The molecule has 0 atom stereocenters. The van der Waals surface area contributed by atoms with Crippen LogP contribution in [-0.4, -0.2) is 30.7 Å². The molecular formula is C20H29IN4O2. The highest BCUT2D eigenvalue weighted by molar-refractivity contribution is 14.0. The van der Waals surface area contributed by atoms with E-state index >= 15 is 0 Å². The van der Waals surface area contributed by atoms with Crippen LogP contribution in [0.15, 0.2) is 47.6 Å². The van der Waals surface area contributed by atoms with Crippen LogP contribution in [0.5, 0.6) is 11.6 Å². The molecule has 0 saturated carbocycles. The lowest BCUT2D eigenvalue weighted by Gasteiger charge is -2.14. The lowest BCUT2D eigenvalue weighted by molar-refractivity contribution is 0.232. The Hall–Kier alpha value is -2.03. The van der Waals surface area contributed by atoms with Crippen molar-refractivity contribution < 1.29 is 9.47 Å². The van der Waals surface area contributed by atoms with Crippen LogP contribution in [0.25, 0.3) is 0 Å². The van der Waals surface area contributed by atoms with Crippen molar-refractivity contribution in [2.24, 2.45) is 4.99 Å². The second-order valence-corrected chi connectivity index (χ2v) is 5.99. The minimum absolute atomic E-state index is 0. The number of benzene rings is 1. The van der Waals surface area contributed by atoms with E-state index in [0.29, 0.717) is 25.6 Å². The number of hydrogen-bond acceptors (Lipinski definition) is 4. The molecule has 0 fully saturated rings. The predicted octanol–water partition coefficient (Wildman–Crippen LogP) is 3.75. The van der Waals surface area contributed by atoms with E-state index in [0.717, 1.165) is 22.8 Å². The van der Waals surface area contributed by atoms with Gasteiger partial charge in [0.25, 0.3) is 0 Å². The lowest BCUT2D eigenvalue weighted by atomic mass is 10.2. The molecule has 0 aliphatic carbocycles. The van der Waals surface area contributed by atoms with Crippen molar-refractivity contribution in [3.63, 3.8) is 0 Å². The largest absolute Gasteiger partial charge is 0.494 e.